The first-order valence-corrected chi connectivity index (χ1v) is 4.58. The van der Waals surface area contributed by atoms with E-state index < -0.39 is 0 Å². The van der Waals surface area contributed by atoms with E-state index >= 15 is 0 Å². The molecule has 1 saturated carbocycles. The summed E-state index contributed by atoms with van der Waals surface area (Å²) in [5, 5.41) is 3.51. The van der Waals surface area contributed by atoms with Gasteiger partial charge in [0.15, 0.2) is 0 Å². The van der Waals surface area contributed by atoms with Gasteiger partial charge in [0.2, 0.25) is 0 Å². The molecule has 2 rings (SSSR count). The molecule has 1 aliphatic heterocycles. The molecule has 58 valence electrons. The Labute approximate surface area is 63.2 Å². The van der Waals surface area contributed by atoms with Gasteiger partial charge in [-0.2, -0.15) is 0 Å². The van der Waals surface area contributed by atoms with Crippen LogP contribution in [0.4, 0.5) is 0 Å². The normalized spacial score (nSPS) is 45.9. The largest absolute Gasteiger partial charge is 0.316 e. The van der Waals surface area contributed by atoms with Gasteiger partial charge in [-0.25, -0.2) is 0 Å². The molecule has 10 heavy (non-hydrogen) atoms. The van der Waals surface area contributed by atoms with Gasteiger partial charge in [-0.1, -0.05) is 6.92 Å². The Morgan fingerprint density at radius 1 is 1.50 bits per heavy atom. The molecular weight excluding hydrogens is 122 g/mol. The van der Waals surface area contributed by atoms with Gasteiger partial charge in [0.25, 0.3) is 0 Å². The molecule has 0 aromatic rings. The first-order chi connectivity index (χ1) is 4.87. The molecule has 2 aliphatic rings. The van der Waals surface area contributed by atoms with Gasteiger partial charge in [0.1, 0.15) is 0 Å². The molecule has 2 atom stereocenters. The van der Waals surface area contributed by atoms with Gasteiger partial charge in [-0.05, 0) is 43.6 Å². The molecule has 1 heteroatoms. The fraction of sp³-hybridized carbons (Fsp3) is 1.00. The zero-order valence-corrected chi connectivity index (χ0v) is 6.82. The predicted molar refractivity (Wildman–Crippen MR) is 42.9 cm³/mol. The standard InChI is InChI=1S/C9H17N/c1-2-9-5-3-8(9)4-6-10-7-9/h8,10H,2-7H2,1H3. The molecule has 0 amide bonds. The van der Waals surface area contributed by atoms with Crippen LogP contribution >= 0.6 is 0 Å². The van der Waals surface area contributed by atoms with Crippen molar-refractivity contribution in [2.45, 2.75) is 32.6 Å². The molecule has 0 aromatic heterocycles. The summed E-state index contributed by atoms with van der Waals surface area (Å²) >= 11 is 0. The Morgan fingerprint density at radius 3 is 2.80 bits per heavy atom. The quantitative estimate of drug-likeness (QED) is 0.584. The molecule has 1 aliphatic carbocycles. The highest BCUT2D eigenvalue weighted by Crippen LogP contribution is 2.51. The fourth-order valence-electron chi connectivity index (χ4n) is 2.64. The maximum atomic E-state index is 3.51. The van der Waals surface area contributed by atoms with Crippen molar-refractivity contribution in [2.24, 2.45) is 11.3 Å². The number of piperidine rings is 1. The van der Waals surface area contributed by atoms with E-state index in [0.29, 0.717) is 0 Å². The molecule has 1 N–H and O–H groups in total. The van der Waals surface area contributed by atoms with E-state index in [1.165, 1.54) is 38.8 Å². The van der Waals surface area contributed by atoms with Crippen molar-refractivity contribution in [1.82, 2.24) is 5.32 Å². The summed E-state index contributed by atoms with van der Waals surface area (Å²) in [6.45, 7) is 4.92. The van der Waals surface area contributed by atoms with Crippen molar-refractivity contribution in [1.29, 1.82) is 0 Å². The summed E-state index contributed by atoms with van der Waals surface area (Å²) in [4.78, 5) is 0. The first-order valence-electron chi connectivity index (χ1n) is 4.58. The molecule has 1 heterocycles. The molecule has 1 nitrogen and oxygen atoms in total. The monoisotopic (exact) mass is 139 g/mol. The second kappa shape index (κ2) is 2.23. The van der Waals surface area contributed by atoms with Gasteiger partial charge >= 0.3 is 0 Å². The van der Waals surface area contributed by atoms with E-state index in [0.717, 1.165) is 11.3 Å². The summed E-state index contributed by atoms with van der Waals surface area (Å²) in [7, 11) is 0. The van der Waals surface area contributed by atoms with Crippen molar-refractivity contribution in [2.75, 3.05) is 13.1 Å². The Bertz CT molecular complexity index is 129. The minimum Gasteiger partial charge on any atom is -0.316 e. The highest BCUT2D eigenvalue weighted by Gasteiger charge is 2.45. The molecule has 1 saturated heterocycles. The Hall–Kier alpha value is -0.0400. The molecule has 0 spiro atoms. The van der Waals surface area contributed by atoms with Crippen LogP contribution in [0, 0.1) is 11.3 Å². The highest BCUT2D eigenvalue weighted by molar-refractivity contribution is 4.98. The first kappa shape index (κ1) is 6.66. The van der Waals surface area contributed by atoms with Crippen LogP contribution in [0.2, 0.25) is 0 Å². The van der Waals surface area contributed by atoms with E-state index in [4.69, 9.17) is 0 Å². The Morgan fingerprint density at radius 2 is 2.40 bits per heavy atom. The highest BCUT2D eigenvalue weighted by atomic mass is 14.9. The maximum Gasteiger partial charge on any atom is 0.00104 e. The minimum absolute atomic E-state index is 0.748. The van der Waals surface area contributed by atoms with Gasteiger partial charge in [0.05, 0.1) is 0 Å². The summed E-state index contributed by atoms with van der Waals surface area (Å²) in [6, 6.07) is 0. The van der Waals surface area contributed by atoms with Gasteiger partial charge in [-0.3, -0.25) is 0 Å². The van der Waals surface area contributed by atoms with Crippen LogP contribution in [0.25, 0.3) is 0 Å². The van der Waals surface area contributed by atoms with Crippen molar-refractivity contribution in [3.05, 3.63) is 0 Å². The van der Waals surface area contributed by atoms with Gasteiger partial charge in [-0.15, -0.1) is 0 Å². The van der Waals surface area contributed by atoms with Crippen LogP contribution in [-0.2, 0) is 0 Å². The van der Waals surface area contributed by atoms with Crippen molar-refractivity contribution < 1.29 is 0 Å². The summed E-state index contributed by atoms with van der Waals surface area (Å²) in [5.41, 5.74) is 0.748. The third-order valence-electron chi connectivity index (χ3n) is 3.71. The van der Waals surface area contributed by atoms with Gasteiger partial charge < -0.3 is 5.32 Å². The van der Waals surface area contributed by atoms with E-state index in [1.54, 1.807) is 0 Å². The Kier molecular flexibility index (Phi) is 1.48. The van der Waals surface area contributed by atoms with E-state index in [-0.39, 0.29) is 0 Å². The molecule has 2 unspecified atom stereocenters. The zero-order valence-electron chi connectivity index (χ0n) is 6.82. The van der Waals surface area contributed by atoms with Gasteiger partial charge in [0, 0.05) is 6.54 Å². The molecular formula is C9H17N. The molecule has 0 radical (unpaired) electrons. The summed E-state index contributed by atoms with van der Waals surface area (Å²) < 4.78 is 0. The molecule has 2 fully saturated rings. The van der Waals surface area contributed by atoms with E-state index in [1.807, 2.05) is 0 Å². The lowest BCUT2D eigenvalue weighted by Crippen LogP contribution is -2.52. The lowest BCUT2D eigenvalue weighted by molar-refractivity contribution is -0.00247. The zero-order chi connectivity index (χ0) is 7.03. The van der Waals surface area contributed by atoms with Crippen LogP contribution in [0.3, 0.4) is 0 Å². The second-order valence-corrected chi connectivity index (χ2v) is 3.92. The fourth-order valence-corrected chi connectivity index (χ4v) is 2.64. The van der Waals surface area contributed by atoms with Crippen LogP contribution in [0.15, 0.2) is 0 Å². The van der Waals surface area contributed by atoms with Crippen LogP contribution < -0.4 is 5.32 Å². The van der Waals surface area contributed by atoms with Crippen LogP contribution in [0.1, 0.15) is 32.6 Å². The second-order valence-electron chi connectivity index (χ2n) is 3.92. The number of hydrogen-bond acceptors (Lipinski definition) is 1. The lowest BCUT2D eigenvalue weighted by atomic mass is 9.56. The van der Waals surface area contributed by atoms with Crippen LogP contribution in [-0.4, -0.2) is 13.1 Å². The third-order valence-corrected chi connectivity index (χ3v) is 3.71. The average molecular weight is 139 g/mol. The molecule has 0 aromatic carbocycles. The SMILES string of the molecule is CCC12CCC1CCNC2. The third kappa shape index (κ3) is 0.731. The molecule has 0 bridgehead atoms. The number of rotatable bonds is 1. The van der Waals surface area contributed by atoms with Crippen molar-refractivity contribution in [3.63, 3.8) is 0 Å². The predicted octanol–water partition coefficient (Wildman–Crippen LogP) is 1.79. The minimum atomic E-state index is 0.748. The number of fused-ring (bicyclic) bond motifs is 1. The number of hydrogen-bond donors (Lipinski definition) is 1. The van der Waals surface area contributed by atoms with Crippen LogP contribution in [0.5, 0.6) is 0 Å². The summed E-state index contributed by atoms with van der Waals surface area (Å²) in [5.74, 6) is 1.08. The van der Waals surface area contributed by atoms with Crippen molar-refractivity contribution >= 4 is 0 Å². The Balaban J connectivity index is 2.04. The lowest BCUT2D eigenvalue weighted by Gasteiger charge is -2.53. The number of nitrogens with one attached hydrogen (secondary N) is 1. The average Bonchev–Trinajstić information content (AvgIpc) is 1.93. The van der Waals surface area contributed by atoms with Crippen molar-refractivity contribution in [3.8, 4) is 0 Å². The topological polar surface area (TPSA) is 12.0 Å². The maximum absolute atomic E-state index is 3.51. The van der Waals surface area contributed by atoms with E-state index in [2.05, 4.69) is 12.2 Å². The van der Waals surface area contributed by atoms with E-state index in [9.17, 15) is 0 Å². The smallest absolute Gasteiger partial charge is 0.00104 e. The summed E-state index contributed by atoms with van der Waals surface area (Å²) in [6.07, 6.45) is 5.83.